The first-order valence-corrected chi connectivity index (χ1v) is 10.5. The second-order valence-corrected chi connectivity index (χ2v) is 8.00. The molecular weight excluding hydrogens is 406 g/mol. The van der Waals surface area contributed by atoms with Gasteiger partial charge in [0.05, 0.1) is 11.4 Å². The van der Waals surface area contributed by atoms with E-state index in [1.165, 1.54) is 11.3 Å². The van der Waals surface area contributed by atoms with Gasteiger partial charge in [-0.2, -0.15) is 0 Å². The molecule has 4 rings (SSSR count). The van der Waals surface area contributed by atoms with E-state index in [9.17, 15) is 4.79 Å². The predicted molar refractivity (Wildman–Crippen MR) is 118 cm³/mol. The van der Waals surface area contributed by atoms with E-state index in [4.69, 9.17) is 16.3 Å². The van der Waals surface area contributed by atoms with Gasteiger partial charge in [0.15, 0.2) is 4.96 Å². The molecule has 148 valence electrons. The fourth-order valence-electron chi connectivity index (χ4n) is 3.06. The van der Waals surface area contributed by atoms with Crippen LogP contribution in [0, 0.1) is 0 Å². The van der Waals surface area contributed by atoms with Crippen molar-refractivity contribution in [2.75, 3.05) is 20.2 Å². The lowest BCUT2D eigenvalue weighted by molar-refractivity contribution is 0.231. The van der Waals surface area contributed by atoms with Crippen LogP contribution >= 0.6 is 22.9 Å². The molecule has 4 aromatic rings. The van der Waals surface area contributed by atoms with Crippen molar-refractivity contribution < 1.29 is 4.74 Å². The second-order valence-electron chi connectivity index (χ2n) is 6.73. The van der Waals surface area contributed by atoms with Gasteiger partial charge in [-0.05, 0) is 36.9 Å². The normalized spacial score (nSPS) is 11.3. The summed E-state index contributed by atoms with van der Waals surface area (Å²) in [6.07, 6.45) is 0. The first kappa shape index (κ1) is 19.6. The monoisotopic (exact) mass is 425 g/mol. The van der Waals surface area contributed by atoms with Crippen molar-refractivity contribution in [1.29, 1.82) is 0 Å². The number of ether oxygens (including phenoxy) is 1. The highest BCUT2D eigenvalue weighted by atomic mass is 35.5. The first-order valence-electron chi connectivity index (χ1n) is 9.23. The minimum absolute atomic E-state index is 0.0593. The highest BCUT2D eigenvalue weighted by Gasteiger charge is 2.12. The maximum atomic E-state index is 12.7. The van der Waals surface area contributed by atoms with Gasteiger partial charge in [0.25, 0.3) is 5.56 Å². The zero-order valence-electron chi connectivity index (χ0n) is 15.9. The number of hydrogen-bond acceptors (Lipinski definition) is 5. The number of thiazole rings is 1. The summed E-state index contributed by atoms with van der Waals surface area (Å²) >= 11 is 7.36. The molecule has 0 fully saturated rings. The molecule has 0 spiro atoms. The van der Waals surface area contributed by atoms with Gasteiger partial charge in [-0.25, -0.2) is 4.98 Å². The van der Waals surface area contributed by atoms with Gasteiger partial charge in [-0.15, -0.1) is 11.3 Å². The van der Waals surface area contributed by atoms with Crippen LogP contribution in [0.4, 0.5) is 0 Å². The van der Waals surface area contributed by atoms with Crippen molar-refractivity contribution >= 4 is 27.9 Å². The Morgan fingerprint density at radius 2 is 1.90 bits per heavy atom. The van der Waals surface area contributed by atoms with Crippen molar-refractivity contribution in [3.05, 3.63) is 87.1 Å². The minimum Gasteiger partial charge on any atom is -0.492 e. The van der Waals surface area contributed by atoms with Crippen molar-refractivity contribution in [1.82, 2.24) is 14.3 Å². The number of aromatic nitrogens is 2. The molecule has 2 heterocycles. The second kappa shape index (κ2) is 8.78. The molecule has 0 amide bonds. The number of nitrogens with zero attached hydrogens (tertiary/aromatic N) is 3. The minimum atomic E-state index is -0.0593. The Bertz CT molecular complexity index is 1160. The molecule has 5 nitrogen and oxygen atoms in total. The zero-order chi connectivity index (χ0) is 20.2. The Hall–Kier alpha value is -2.67. The predicted octanol–water partition coefficient (Wildman–Crippen LogP) is 4.59. The number of likely N-dealkylation sites (N-methyl/N-ethyl adjacent to an activating group) is 1. The standard InChI is InChI=1S/C22H20ClN3O2S/c1-25(11-12-28-19-9-7-17(23)8-10-19)14-18-13-21(27)26-20(15-29-22(26)24-18)16-5-3-2-4-6-16/h2-10,13,15H,11-12,14H2,1H3. The lowest BCUT2D eigenvalue weighted by Gasteiger charge is -2.16. The molecule has 0 atom stereocenters. The maximum Gasteiger partial charge on any atom is 0.259 e. The van der Waals surface area contributed by atoms with E-state index in [1.54, 1.807) is 22.6 Å². The molecule has 0 N–H and O–H groups in total. The van der Waals surface area contributed by atoms with Gasteiger partial charge in [-0.1, -0.05) is 41.9 Å². The summed E-state index contributed by atoms with van der Waals surface area (Å²) in [6.45, 7) is 1.83. The highest BCUT2D eigenvalue weighted by Crippen LogP contribution is 2.23. The molecule has 0 aliphatic heterocycles. The van der Waals surface area contributed by atoms with Crippen LogP contribution in [0.25, 0.3) is 16.2 Å². The summed E-state index contributed by atoms with van der Waals surface area (Å²) < 4.78 is 7.40. The SMILES string of the molecule is CN(CCOc1ccc(Cl)cc1)Cc1cc(=O)n2c(-c3ccccc3)csc2n1. The maximum absolute atomic E-state index is 12.7. The van der Waals surface area contributed by atoms with Gasteiger partial charge >= 0.3 is 0 Å². The molecule has 0 aliphatic rings. The van der Waals surface area contributed by atoms with Crippen molar-refractivity contribution in [2.45, 2.75) is 6.54 Å². The Morgan fingerprint density at radius 3 is 2.66 bits per heavy atom. The molecule has 7 heteroatoms. The third-order valence-electron chi connectivity index (χ3n) is 4.51. The average molecular weight is 426 g/mol. The Balaban J connectivity index is 1.43. The Morgan fingerprint density at radius 1 is 1.14 bits per heavy atom. The molecule has 0 saturated carbocycles. The van der Waals surface area contributed by atoms with Gasteiger partial charge in [0.2, 0.25) is 0 Å². The van der Waals surface area contributed by atoms with Gasteiger partial charge in [-0.3, -0.25) is 14.1 Å². The van der Waals surface area contributed by atoms with E-state index in [0.717, 1.165) is 22.7 Å². The van der Waals surface area contributed by atoms with Crippen LogP contribution in [-0.4, -0.2) is 34.5 Å². The van der Waals surface area contributed by atoms with Crippen LogP contribution in [0.2, 0.25) is 5.02 Å². The molecular formula is C22H20ClN3O2S. The third-order valence-corrected chi connectivity index (χ3v) is 5.59. The summed E-state index contributed by atoms with van der Waals surface area (Å²) in [6, 6.07) is 18.8. The number of hydrogen-bond donors (Lipinski definition) is 0. The molecule has 2 aromatic heterocycles. The molecule has 29 heavy (non-hydrogen) atoms. The Labute approximate surface area is 177 Å². The van der Waals surface area contributed by atoms with Crippen molar-refractivity contribution in [3.8, 4) is 17.0 Å². The van der Waals surface area contributed by atoms with Crippen LogP contribution < -0.4 is 10.3 Å². The highest BCUT2D eigenvalue weighted by molar-refractivity contribution is 7.15. The first-order chi connectivity index (χ1) is 14.1. The summed E-state index contributed by atoms with van der Waals surface area (Å²) in [7, 11) is 1.98. The van der Waals surface area contributed by atoms with Crippen LogP contribution in [0.15, 0.2) is 70.8 Å². The molecule has 0 saturated heterocycles. The lowest BCUT2D eigenvalue weighted by Crippen LogP contribution is -2.25. The fraction of sp³-hybridized carbons (Fsp3) is 0.182. The average Bonchev–Trinajstić information content (AvgIpc) is 3.15. The summed E-state index contributed by atoms with van der Waals surface area (Å²) in [5.41, 5.74) is 2.58. The van der Waals surface area contributed by atoms with E-state index in [0.29, 0.717) is 29.7 Å². The van der Waals surface area contributed by atoms with Crippen LogP contribution in [0.1, 0.15) is 5.69 Å². The third kappa shape index (κ3) is 4.67. The Kier molecular flexibility index (Phi) is 5.94. The van der Waals surface area contributed by atoms with Gasteiger partial charge in [0, 0.05) is 29.6 Å². The molecule has 2 aromatic carbocycles. The quantitative estimate of drug-likeness (QED) is 0.434. The molecule has 0 unspecified atom stereocenters. The van der Waals surface area contributed by atoms with Crippen LogP contribution in [0.3, 0.4) is 0 Å². The van der Waals surface area contributed by atoms with E-state index >= 15 is 0 Å². The number of benzene rings is 2. The van der Waals surface area contributed by atoms with E-state index in [2.05, 4.69) is 9.88 Å². The van der Waals surface area contributed by atoms with E-state index < -0.39 is 0 Å². The zero-order valence-corrected chi connectivity index (χ0v) is 17.5. The van der Waals surface area contributed by atoms with Crippen LogP contribution in [0.5, 0.6) is 5.75 Å². The molecule has 0 aliphatic carbocycles. The topological polar surface area (TPSA) is 46.8 Å². The summed E-state index contributed by atoms with van der Waals surface area (Å²) in [4.78, 5) is 20.2. The molecule has 0 radical (unpaired) electrons. The summed E-state index contributed by atoms with van der Waals surface area (Å²) in [5, 5.41) is 2.67. The fourth-order valence-corrected chi connectivity index (χ4v) is 4.11. The van der Waals surface area contributed by atoms with E-state index in [1.807, 2.05) is 54.9 Å². The molecule has 0 bridgehead atoms. The number of rotatable bonds is 7. The van der Waals surface area contributed by atoms with Crippen molar-refractivity contribution in [2.24, 2.45) is 0 Å². The van der Waals surface area contributed by atoms with Gasteiger partial charge in [0.1, 0.15) is 12.4 Å². The van der Waals surface area contributed by atoms with E-state index in [-0.39, 0.29) is 5.56 Å². The lowest BCUT2D eigenvalue weighted by atomic mass is 10.2. The van der Waals surface area contributed by atoms with Crippen molar-refractivity contribution in [3.63, 3.8) is 0 Å². The largest absolute Gasteiger partial charge is 0.492 e. The van der Waals surface area contributed by atoms with Crippen LogP contribution in [-0.2, 0) is 6.54 Å². The smallest absolute Gasteiger partial charge is 0.259 e. The summed E-state index contributed by atoms with van der Waals surface area (Å²) in [5.74, 6) is 0.785. The van der Waals surface area contributed by atoms with Gasteiger partial charge < -0.3 is 4.74 Å². The number of halogens is 1. The number of fused-ring (bicyclic) bond motifs is 1.